The van der Waals surface area contributed by atoms with E-state index in [9.17, 15) is 9.59 Å². The second kappa shape index (κ2) is 5.64. The summed E-state index contributed by atoms with van der Waals surface area (Å²) in [5.41, 5.74) is 2.58. The van der Waals surface area contributed by atoms with Crippen LogP contribution >= 0.6 is 0 Å². The first-order valence-corrected chi connectivity index (χ1v) is 8.62. The van der Waals surface area contributed by atoms with Crippen molar-refractivity contribution in [3.05, 3.63) is 23.8 Å². The van der Waals surface area contributed by atoms with Gasteiger partial charge in [0.15, 0.2) is 0 Å². The molecule has 122 valence electrons. The lowest BCUT2D eigenvalue weighted by atomic mass is 9.67. The molecule has 2 fully saturated rings. The van der Waals surface area contributed by atoms with E-state index >= 15 is 0 Å². The van der Waals surface area contributed by atoms with Crippen LogP contribution < -0.4 is 16.0 Å². The summed E-state index contributed by atoms with van der Waals surface area (Å²) in [6.07, 6.45) is 5.76. The summed E-state index contributed by atoms with van der Waals surface area (Å²) in [6.45, 7) is 1.76. The van der Waals surface area contributed by atoms with Crippen LogP contribution in [-0.2, 0) is 16.0 Å². The summed E-state index contributed by atoms with van der Waals surface area (Å²) in [5.74, 6) is 0.690. The van der Waals surface area contributed by atoms with Crippen molar-refractivity contribution >= 4 is 23.2 Å². The topological polar surface area (TPSA) is 70.2 Å². The standard InChI is InChI=1S/C18H23N3O2/c22-16-7-4-12-9-14(5-6-15(12)21-16)20-17(23)18-8-2-1-3-13(18)10-19-11-18/h5-6,9,13,19H,1-4,7-8,10-11H2,(H,20,23)(H,21,22)/t13-,18+/m0/s1. The number of fused-ring (bicyclic) bond motifs is 2. The normalized spacial score (nSPS) is 29.4. The van der Waals surface area contributed by atoms with Gasteiger partial charge in [-0.2, -0.15) is 0 Å². The van der Waals surface area contributed by atoms with Gasteiger partial charge in [-0.05, 0) is 55.5 Å². The van der Waals surface area contributed by atoms with Crippen LogP contribution in [-0.4, -0.2) is 24.9 Å². The Kier molecular flexibility index (Phi) is 3.60. The van der Waals surface area contributed by atoms with Gasteiger partial charge >= 0.3 is 0 Å². The molecule has 4 rings (SSSR count). The molecule has 0 bridgehead atoms. The van der Waals surface area contributed by atoms with Gasteiger partial charge in [0.2, 0.25) is 11.8 Å². The minimum absolute atomic E-state index is 0.0650. The zero-order chi connectivity index (χ0) is 15.9. The van der Waals surface area contributed by atoms with E-state index in [1.807, 2.05) is 18.2 Å². The molecule has 1 aromatic carbocycles. The van der Waals surface area contributed by atoms with E-state index in [1.54, 1.807) is 0 Å². The number of hydrogen-bond acceptors (Lipinski definition) is 3. The number of carbonyl (C=O) groups excluding carboxylic acids is 2. The largest absolute Gasteiger partial charge is 0.326 e. The number of anilines is 2. The van der Waals surface area contributed by atoms with Crippen LogP contribution in [0, 0.1) is 11.3 Å². The van der Waals surface area contributed by atoms with Crippen LogP contribution in [0.25, 0.3) is 0 Å². The summed E-state index contributed by atoms with van der Waals surface area (Å²) in [5, 5.41) is 9.44. The average Bonchev–Trinajstić information content (AvgIpc) is 3.00. The number of rotatable bonds is 2. The van der Waals surface area contributed by atoms with Crippen molar-refractivity contribution in [2.75, 3.05) is 23.7 Å². The van der Waals surface area contributed by atoms with E-state index in [0.717, 1.165) is 55.7 Å². The smallest absolute Gasteiger partial charge is 0.232 e. The van der Waals surface area contributed by atoms with Crippen molar-refractivity contribution in [3.63, 3.8) is 0 Å². The van der Waals surface area contributed by atoms with Gasteiger partial charge in [0.1, 0.15) is 0 Å². The Morgan fingerprint density at radius 3 is 3.09 bits per heavy atom. The van der Waals surface area contributed by atoms with Gasteiger partial charge < -0.3 is 16.0 Å². The molecule has 2 amide bonds. The molecule has 1 saturated carbocycles. The summed E-state index contributed by atoms with van der Waals surface area (Å²) in [4.78, 5) is 24.4. The van der Waals surface area contributed by atoms with Gasteiger partial charge in [0.25, 0.3) is 0 Å². The summed E-state index contributed by atoms with van der Waals surface area (Å²) in [7, 11) is 0. The van der Waals surface area contributed by atoms with E-state index in [1.165, 1.54) is 6.42 Å². The van der Waals surface area contributed by atoms with Gasteiger partial charge in [0.05, 0.1) is 5.41 Å². The first kappa shape index (κ1) is 14.7. The Bertz CT molecular complexity index is 658. The van der Waals surface area contributed by atoms with E-state index in [-0.39, 0.29) is 17.2 Å². The third kappa shape index (κ3) is 2.53. The van der Waals surface area contributed by atoms with Gasteiger partial charge in [-0.15, -0.1) is 0 Å². The minimum Gasteiger partial charge on any atom is -0.326 e. The monoisotopic (exact) mass is 313 g/mol. The van der Waals surface area contributed by atoms with Crippen molar-refractivity contribution in [2.45, 2.75) is 38.5 Å². The van der Waals surface area contributed by atoms with Crippen molar-refractivity contribution < 1.29 is 9.59 Å². The maximum absolute atomic E-state index is 13.0. The van der Waals surface area contributed by atoms with E-state index in [2.05, 4.69) is 16.0 Å². The Balaban J connectivity index is 1.54. The van der Waals surface area contributed by atoms with Crippen molar-refractivity contribution in [1.29, 1.82) is 0 Å². The zero-order valence-corrected chi connectivity index (χ0v) is 13.3. The van der Waals surface area contributed by atoms with Crippen LogP contribution in [0.2, 0.25) is 0 Å². The molecule has 2 heterocycles. The highest BCUT2D eigenvalue weighted by Crippen LogP contribution is 2.44. The summed E-state index contributed by atoms with van der Waals surface area (Å²) in [6, 6.07) is 5.79. The molecule has 5 heteroatoms. The van der Waals surface area contributed by atoms with Crippen LogP contribution in [0.1, 0.15) is 37.7 Å². The molecule has 5 nitrogen and oxygen atoms in total. The number of amides is 2. The molecule has 2 atom stereocenters. The predicted molar refractivity (Wildman–Crippen MR) is 89.3 cm³/mol. The Morgan fingerprint density at radius 2 is 2.17 bits per heavy atom. The molecular weight excluding hydrogens is 290 g/mol. The molecule has 1 aliphatic carbocycles. The Labute approximate surface area is 136 Å². The maximum atomic E-state index is 13.0. The average molecular weight is 313 g/mol. The van der Waals surface area contributed by atoms with Crippen molar-refractivity contribution in [3.8, 4) is 0 Å². The van der Waals surface area contributed by atoms with Crippen molar-refractivity contribution in [2.24, 2.45) is 11.3 Å². The summed E-state index contributed by atoms with van der Waals surface area (Å²) >= 11 is 0. The van der Waals surface area contributed by atoms with Gasteiger partial charge in [0, 0.05) is 24.3 Å². The zero-order valence-electron chi connectivity index (χ0n) is 13.3. The second-order valence-electron chi connectivity index (χ2n) is 7.10. The van der Waals surface area contributed by atoms with Crippen LogP contribution in [0.15, 0.2) is 18.2 Å². The molecule has 3 N–H and O–H groups in total. The summed E-state index contributed by atoms with van der Waals surface area (Å²) < 4.78 is 0. The Morgan fingerprint density at radius 1 is 1.26 bits per heavy atom. The molecular formula is C18H23N3O2. The fourth-order valence-corrected chi connectivity index (χ4v) is 4.41. The molecule has 3 aliphatic rings. The Hall–Kier alpha value is -1.88. The molecule has 2 aliphatic heterocycles. The van der Waals surface area contributed by atoms with Gasteiger partial charge in [-0.1, -0.05) is 12.8 Å². The first-order chi connectivity index (χ1) is 11.2. The fraction of sp³-hybridized carbons (Fsp3) is 0.556. The number of nitrogens with one attached hydrogen (secondary N) is 3. The lowest BCUT2D eigenvalue weighted by molar-refractivity contribution is -0.128. The van der Waals surface area contributed by atoms with E-state index in [4.69, 9.17) is 0 Å². The van der Waals surface area contributed by atoms with Crippen molar-refractivity contribution in [1.82, 2.24) is 5.32 Å². The van der Waals surface area contributed by atoms with Crippen LogP contribution in [0.4, 0.5) is 11.4 Å². The minimum atomic E-state index is -0.234. The first-order valence-electron chi connectivity index (χ1n) is 8.62. The highest BCUT2D eigenvalue weighted by Gasteiger charge is 2.49. The lowest BCUT2D eigenvalue weighted by Crippen LogP contribution is -2.44. The lowest BCUT2D eigenvalue weighted by Gasteiger charge is -2.37. The molecule has 0 unspecified atom stereocenters. The number of carbonyl (C=O) groups is 2. The SMILES string of the molecule is O=C1CCc2cc(NC(=O)[C@@]34CCCC[C@H]3CNC4)ccc2N1. The van der Waals surface area contributed by atoms with Gasteiger partial charge in [-0.25, -0.2) is 0 Å². The highest BCUT2D eigenvalue weighted by molar-refractivity contribution is 5.98. The third-order valence-electron chi connectivity index (χ3n) is 5.75. The quantitative estimate of drug-likeness (QED) is 0.784. The maximum Gasteiger partial charge on any atom is 0.232 e. The van der Waals surface area contributed by atoms with Crippen LogP contribution in [0.3, 0.4) is 0 Å². The van der Waals surface area contributed by atoms with E-state index < -0.39 is 0 Å². The van der Waals surface area contributed by atoms with E-state index in [0.29, 0.717) is 12.3 Å². The molecule has 1 aromatic rings. The predicted octanol–water partition coefficient (Wildman–Crippen LogP) is 2.29. The van der Waals surface area contributed by atoms with Gasteiger partial charge in [-0.3, -0.25) is 9.59 Å². The number of aryl methyl sites for hydroxylation is 1. The fourth-order valence-electron chi connectivity index (χ4n) is 4.41. The molecule has 23 heavy (non-hydrogen) atoms. The third-order valence-corrected chi connectivity index (χ3v) is 5.75. The molecule has 0 aromatic heterocycles. The molecule has 1 saturated heterocycles. The molecule has 0 spiro atoms. The second-order valence-corrected chi connectivity index (χ2v) is 7.10. The van der Waals surface area contributed by atoms with Crippen LogP contribution in [0.5, 0.6) is 0 Å². The highest BCUT2D eigenvalue weighted by atomic mass is 16.2. The molecule has 0 radical (unpaired) electrons. The number of hydrogen-bond donors (Lipinski definition) is 3. The number of benzene rings is 1.